The first kappa shape index (κ1) is 22.3. The van der Waals surface area contributed by atoms with Crippen molar-refractivity contribution in [1.82, 2.24) is 10.3 Å². The first-order valence-corrected chi connectivity index (χ1v) is 10.5. The molecule has 0 fully saturated rings. The molecule has 0 saturated heterocycles. The van der Waals surface area contributed by atoms with Gasteiger partial charge in [-0.1, -0.05) is 35.9 Å². The van der Waals surface area contributed by atoms with E-state index in [0.717, 1.165) is 0 Å². The highest BCUT2D eigenvalue weighted by Crippen LogP contribution is 2.38. The van der Waals surface area contributed by atoms with Crippen molar-refractivity contribution in [3.63, 3.8) is 0 Å². The van der Waals surface area contributed by atoms with Crippen LogP contribution in [0.2, 0.25) is 5.02 Å². The zero-order chi connectivity index (χ0) is 22.9. The number of carbonyl (C=O) groups excluding carboxylic acids is 1. The van der Waals surface area contributed by atoms with Gasteiger partial charge < -0.3 is 15.5 Å². The predicted octanol–water partition coefficient (Wildman–Crippen LogP) is 2.74. The molecule has 3 aromatic rings. The summed E-state index contributed by atoms with van der Waals surface area (Å²) in [6.07, 6.45) is 0. The van der Waals surface area contributed by atoms with Gasteiger partial charge in [0.05, 0.1) is 5.69 Å². The zero-order valence-electron chi connectivity index (χ0n) is 15.9. The number of rotatable bonds is 6. The topological polar surface area (TPSA) is 157 Å². The molecule has 0 unspecified atom stereocenters. The third-order valence-corrected chi connectivity index (χ3v) is 5.38. The molecule has 0 aliphatic carbocycles. The van der Waals surface area contributed by atoms with Gasteiger partial charge in [0.1, 0.15) is 6.04 Å². The van der Waals surface area contributed by atoms with Gasteiger partial charge in [-0.05, 0) is 31.2 Å². The number of hydrogen-bond donors (Lipinski definition) is 4. The SMILES string of the molecule is C[C@@H](NC(=O)c1nc(N(c2ccc(Cl)cc2)S(=O)(=O)O)c2ccccc2c1O)C(=O)O. The van der Waals surface area contributed by atoms with Crippen molar-refractivity contribution in [1.29, 1.82) is 0 Å². The lowest BCUT2D eigenvalue weighted by molar-refractivity contribution is -0.138. The smallest absolute Gasteiger partial charge is 0.365 e. The molecular weight excluding hydrogens is 450 g/mol. The Bertz CT molecular complexity index is 1280. The fourth-order valence-corrected chi connectivity index (χ4v) is 3.68. The Morgan fingerprint density at radius 2 is 1.68 bits per heavy atom. The van der Waals surface area contributed by atoms with E-state index in [0.29, 0.717) is 9.33 Å². The first-order chi connectivity index (χ1) is 14.5. The van der Waals surface area contributed by atoms with Crippen LogP contribution in [0.3, 0.4) is 0 Å². The quantitative estimate of drug-likeness (QED) is 0.404. The fourth-order valence-electron chi connectivity index (χ4n) is 2.81. The van der Waals surface area contributed by atoms with Crippen molar-refractivity contribution < 1.29 is 32.8 Å². The summed E-state index contributed by atoms with van der Waals surface area (Å²) < 4.78 is 34.9. The lowest BCUT2D eigenvalue weighted by Gasteiger charge is -2.23. The molecule has 3 rings (SSSR count). The molecule has 162 valence electrons. The summed E-state index contributed by atoms with van der Waals surface area (Å²) in [6.45, 7) is 1.21. The van der Waals surface area contributed by atoms with Crippen LogP contribution in [0.5, 0.6) is 5.75 Å². The number of aromatic hydroxyl groups is 1. The molecule has 0 saturated carbocycles. The van der Waals surface area contributed by atoms with Gasteiger partial charge in [0.15, 0.2) is 17.3 Å². The first-order valence-electron chi connectivity index (χ1n) is 8.69. The molecule has 0 radical (unpaired) electrons. The van der Waals surface area contributed by atoms with Crippen LogP contribution in [-0.2, 0) is 15.1 Å². The molecule has 0 spiro atoms. The number of halogens is 1. The van der Waals surface area contributed by atoms with E-state index in [1.165, 1.54) is 49.4 Å². The van der Waals surface area contributed by atoms with Crippen LogP contribution in [0.15, 0.2) is 48.5 Å². The highest BCUT2D eigenvalue weighted by atomic mass is 35.5. The molecule has 1 heterocycles. The van der Waals surface area contributed by atoms with E-state index in [2.05, 4.69) is 10.3 Å². The lowest BCUT2D eigenvalue weighted by atomic mass is 10.1. The maximum atomic E-state index is 12.6. The summed E-state index contributed by atoms with van der Waals surface area (Å²) in [6, 6.07) is 10.0. The van der Waals surface area contributed by atoms with Gasteiger partial charge in [0, 0.05) is 15.8 Å². The number of nitrogens with zero attached hydrogens (tertiary/aromatic N) is 2. The third-order valence-electron chi connectivity index (χ3n) is 4.28. The zero-order valence-corrected chi connectivity index (χ0v) is 17.4. The standard InChI is InChI=1S/C19H16ClN3O7S/c1-10(19(26)27)21-18(25)15-16(24)13-4-2-3-5-14(13)17(22-15)23(31(28,29)30)12-8-6-11(20)7-9-12/h2-10,24H,1H3,(H,21,25)(H,26,27)(H,28,29,30)/t10-/m1/s1. The van der Waals surface area contributed by atoms with Crippen LogP contribution in [0.1, 0.15) is 17.4 Å². The average molecular weight is 466 g/mol. The number of aromatic nitrogens is 1. The predicted molar refractivity (Wildman–Crippen MR) is 113 cm³/mol. The molecule has 1 amide bonds. The molecule has 12 heteroatoms. The summed E-state index contributed by atoms with van der Waals surface area (Å²) in [4.78, 5) is 27.6. The van der Waals surface area contributed by atoms with E-state index in [1.54, 1.807) is 6.07 Å². The van der Waals surface area contributed by atoms with E-state index in [1.807, 2.05) is 0 Å². The maximum Gasteiger partial charge on any atom is 0.365 e. The van der Waals surface area contributed by atoms with Crippen molar-refractivity contribution >= 4 is 56.1 Å². The molecule has 4 N–H and O–H groups in total. The number of fused-ring (bicyclic) bond motifs is 1. The maximum absolute atomic E-state index is 12.6. The van der Waals surface area contributed by atoms with Gasteiger partial charge in [0.25, 0.3) is 5.91 Å². The Hall–Kier alpha value is -3.41. The second-order valence-corrected chi connectivity index (χ2v) is 8.13. The number of benzene rings is 2. The van der Waals surface area contributed by atoms with Gasteiger partial charge in [0.2, 0.25) is 0 Å². The number of pyridine rings is 1. The van der Waals surface area contributed by atoms with Gasteiger partial charge in [-0.15, -0.1) is 0 Å². The van der Waals surface area contributed by atoms with Crippen molar-refractivity contribution in [2.24, 2.45) is 0 Å². The van der Waals surface area contributed by atoms with Gasteiger partial charge in [-0.2, -0.15) is 12.7 Å². The minimum Gasteiger partial charge on any atom is -0.505 e. The normalized spacial score (nSPS) is 12.4. The number of hydrogen-bond acceptors (Lipinski definition) is 6. The summed E-state index contributed by atoms with van der Waals surface area (Å²) in [5, 5.41) is 22.2. The van der Waals surface area contributed by atoms with Crippen LogP contribution in [-0.4, -0.2) is 46.1 Å². The highest BCUT2D eigenvalue weighted by molar-refractivity contribution is 7.87. The monoisotopic (exact) mass is 465 g/mol. The summed E-state index contributed by atoms with van der Waals surface area (Å²) >= 11 is 5.85. The van der Waals surface area contributed by atoms with Gasteiger partial charge in [-0.3, -0.25) is 14.1 Å². The Kier molecular flexibility index (Phi) is 6.02. The molecule has 0 bridgehead atoms. The number of anilines is 2. The van der Waals surface area contributed by atoms with Crippen LogP contribution >= 0.6 is 11.6 Å². The van der Waals surface area contributed by atoms with Crippen LogP contribution < -0.4 is 9.62 Å². The van der Waals surface area contributed by atoms with Gasteiger partial charge in [-0.25, -0.2) is 4.98 Å². The van der Waals surface area contributed by atoms with E-state index in [4.69, 9.17) is 16.7 Å². The Morgan fingerprint density at radius 1 is 1.10 bits per heavy atom. The lowest BCUT2D eigenvalue weighted by Crippen LogP contribution is -2.39. The van der Waals surface area contributed by atoms with E-state index >= 15 is 0 Å². The van der Waals surface area contributed by atoms with Gasteiger partial charge >= 0.3 is 16.3 Å². The molecule has 10 nitrogen and oxygen atoms in total. The summed E-state index contributed by atoms with van der Waals surface area (Å²) in [7, 11) is -4.95. The largest absolute Gasteiger partial charge is 0.505 e. The number of amides is 1. The van der Waals surface area contributed by atoms with Crippen LogP contribution in [0.4, 0.5) is 11.5 Å². The average Bonchev–Trinajstić information content (AvgIpc) is 2.70. The molecule has 0 aliphatic heterocycles. The molecular formula is C19H16ClN3O7S. The van der Waals surface area contributed by atoms with Crippen molar-refractivity contribution in [2.75, 3.05) is 4.31 Å². The van der Waals surface area contributed by atoms with Crippen molar-refractivity contribution in [3.8, 4) is 5.75 Å². The molecule has 2 aromatic carbocycles. The Balaban J connectivity index is 2.29. The number of carboxylic acids is 1. The number of carboxylic acid groups (broad SMARTS) is 1. The minimum atomic E-state index is -4.95. The van der Waals surface area contributed by atoms with Crippen LogP contribution in [0, 0.1) is 0 Å². The number of nitrogens with one attached hydrogen (secondary N) is 1. The van der Waals surface area contributed by atoms with Crippen LogP contribution in [0.25, 0.3) is 10.8 Å². The van der Waals surface area contributed by atoms with E-state index in [-0.39, 0.29) is 22.3 Å². The Morgan fingerprint density at radius 3 is 2.23 bits per heavy atom. The fraction of sp³-hybridized carbons (Fsp3) is 0.105. The van der Waals surface area contributed by atoms with Crippen molar-refractivity contribution in [3.05, 3.63) is 59.2 Å². The highest BCUT2D eigenvalue weighted by Gasteiger charge is 2.29. The number of aliphatic carboxylic acids is 1. The molecule has 0 aliphatic rings. The summed E-state index contributed by atoms with van der Waals surface area (Å²) in [5.74, 6) is -3.34. The second kappa shape index (κ2) is 8.38. The molecule has 31 heavy (non-hydrogen) atoms. The molecule has 1 atom stereocenters. The van der Waals surface area contributed by atoms with E-state index < -0.39 is 39.7 Å². The Labute approximate surface area is 181 Å². The third kappa shape index (κ3) is 4.53. The van der Waals surface area contributed by atoms with E-state index in [9.17, 15) is 27.7 Å². The second-order valence-electron chi connectivity index (χ2n) is 6.43. The number of carbonyl (C=O) groups is 2. The van der Waals surface area contributed by atoms with Crippen molar-refractivity contribution in [2.45, 2.75) is 13.0 Å². The minimum absolute atomic E-state index is 0.0412. The summed E-state index contributed by atoms with van der Waals surface area (Å²) in [5.41, 5.74) is -0.662. The molecule has 1 aromatic heterocycles.